The Kier molecular flexibility index (Phi) is 5.39. The van der Waals surface area contributed by atoms with E-state index in [9.17, 15) is 9.59 Å². The number of carbonyl (C=O) groups excluding carboxylic acids is 2. The van der Waals surface area contributed by atoms with Crippen LogP contribution in [0, 0.1) is 0 Å². The highest BCUT2D eigenvalue weighted by Gasteiger charge is 2.26. The SMILES string of the molecule is CC(C)(C)c1ccc(OC(=O)N2CCCC2)c(OC(=O)N2CCCC2)c1. The standard InChI is InChI=1S/C20H28N2O4/c1-20(2,3)15-8-9-16(25-18(23)21-10-4-5-11-21)17(14-15)26-19(24)22-12-6-7-13-22/h8-9,14H,4-7,10-13H2,1-3H3. The second kappa shape index (κ2) is 7.56. The summed E-state index contributed by atoms with van der Waals surface area (Å²) in [7, 11) is 0. The Hall–Kier alpha value is -2.24. The maximum atomic E-state index is 12.4. The minimum atomic E-state index is -0.385. The summed E-state index contributed by atoms with van der Waals surface area (Å²) in [5.74, 6) is 0.601. The number of likely N-dealkylation sites (tertiary alicyclic amines) is 2. The predicted molar refractivity (Wildman–Crippen MR) is 98.8 cm³/mol. The third-order valence-corrected chi connectivity index (χ3v) is 4.93. The lowest BCUT2D eigenvalue weighted by Gasteiger charge is -2.23. The quantitative estimate of drug-likeness (QED) is 0.794. The van der Waals surface area contributed by atoms with Gasteiger partial charge in [0, 0.05) is 26.2 Å². The Balaban J connectivity index is 1.81. The number of benzene rings is 1. The summed E-state index contributed by atoms with van der Waals surface area (Å²) in [6.07, 6.45) is 3.21. The summed E-state index contributed by atoms with van der Waals surface area (Å²) in [5, 5.41) is 0. The van der Waals surface area contributed by atoms with Crippen LogP contribution in [0.15, 0.2) is 18.2 Å². The summed E-state index contributed by atoms with van der Waals surface area (Å²) in [6, 6.07) is 5.45. The van der Waals surface area contributed by atoms with Crippen LogP contribution in [-0.4, -0.2) is 48.2 Å². The molecule has 0 N–H and O–H groups in total. The molecule has 3 rings (SSSR count). The van der Waals surface area contributed by atoms with Gasteiger partial charge in [0.2, 0.25) is 0 Å². The van der Waals surface area contributed by atoms with Crippen LogP contribution in [0.1, 0.15) is 52.0 Å². The van der Waals surface area contributed by atoms with Crippen LogP contribution in [0.25, 0.3) is 0 Å². The monoisotopic (exact) mass is 360 g/mol. The second-order valence-corrected chi connectivity index (χ2v) is 8.04. The molecule has 0 spiro atoms. The third-order valence-electron chi connectivity index (χ3n) is 4.93. The van der Waals surface area contributed by atoms with Crippen LogP contribution >= 0.6 is 0 Å². The first-order valence-corrected chi connectivity index (χ1v) is 9.42. The highest BCUT2D eigenvalue weighted by Crippen LogP contribution is 2.34. The average molecular weight is 360 g/mol. The molecular formula is C20H28N2O4. The molecule has 2 aliphatic heterocycles. The number of amides is 2. The Bertz CT molecular complexity index is 669. The summed E-state index contributed by atoms with van der Waals surface area (Å²) >= 11 is 0. The lowest BCUT2D eigenvalue weighted by molar-refractivity contribution is 0.152. The number of nitrogens with zero attached hydrogens (tertiary/aromatic N) is 2. The van der Waals surface area contributed by atoms with Gasteiger partial charge in [-0.15, -0.1) is 0 Å². The van der Waals surface area contributed by atoms with Gasteiger partial charge in [0.15, 0.2) is 11.5 Å². The fourth-order valence-corrected chi connectivity index (χ4v) is 3.26. The van der Waals surface area contributed by atoms with Crippen LogP contribution in [0.5, 0.6) is 11.5 Å². The molecule has 26 heavy (non-hydrogen) atoms. The van der Waals surface area contributed by atoms with Gasteiger partial charge in [-0.2, -0.15) is 0 Å². The minimum Gasteiger partial charge on any atom is -0.406 e. The fraction of sp³-hybridized carbons (Fsp3) is 0.600. The van der Waals surface area contributed by atoms with Crippen molar-refractivity contribution in [3.8, 4) is 11.5 Å². The molecular weight excluding hydrogens is 332 g/mol. The van der Waals surface area contributed by atoms with Crippen molar-refractivity contribution in [2.75, 3.05) is 26.2 Å². The molecule has 2 saturated heterocycles. The van der Waals surface area contributed by atoms with E-state index in [4.69, 9.17) is 9.47 Å². The van der Waals surface area contributed by atoms with Gasteiger partial charge in [-0.05, 0) is 48.8 Å². The molecule has 2 heterocycles. The van der Waals surface area contributed by atoms with Crippen molar-refractivity contribution in [2.45, 2.75) is 51.9 Å². The molecule has 0 unspecified atom stereocenters. The molecule has 0 atom stereocenters. The average Bonchev–Trinajstić information content (AvgIpc) is 3.29. The first-order chi connectivity index (χ1) is 12.3. The van der Waals surface area contributed by atoms with Crippen molar-refractivity contribution in [3.63, 3.8) is 0 Å². The molecule has 1 aromatic carbocycles. The van der Waals surface area contributed by atoms with E-state index >= 15 is 0 Å². The van der Waals surface area contributed by atoms with Gasteiger partial charge in [-0.25, -0.2) is 9.59 Å². The molecule has 0 aliphatic carbocycles. The molecule has 142 valence electrons. The molecule has 0 saturated carbocycles. The third kappa shape index (κ3) is 4.29. The maximum Gasteiger partial charge on any atom is 0.415 e. The van der Waals surface area contributed by atoms with Gasteiger partial charge < -0.3 is 19.3 Å². The van der Waals surface area contributed by atoms with E-state index in [2.05, 4.69) is 20.8 Å². The second-order valence-electron chi connectivity index (χ2n) is 8.04. The zero-order chi connectivity index (χ0) is 18.7. The van der Waals surface area contributed by atoms with Crippen molar-refractivity contribution < 1.29 is 19.1 Å². The number of rotatable bonds is 2. The van der Waals surface area contributed by atoms with Crippen LogP contribution < -0.4 is 9.47 Å². The lowest BCUT2D eigenvalue weighted by atomic mass is 9.87. The fourth-order valence-electron chi connectivity index (χ4n) is 3.26. The van der Waals surface area contributed by atoms with Crippen molar-refractivity contribution in [3.05, 3.63) is 23.8 Å². The van der Waals surface area contributed by atoms with Gasteiger partial charge in [-0.1, -0.05) is 26.8 Å². The summed E-state index contributed by atoms with van der Waals surface area (Å²) in [6.45, 7) is 9.10. The van der Waals surface area contributed by atoms with E-state index in [0.717, 1.165) is 31.2 Å². The predicted octanol–water partition coefficient (Wildman–Crippen LogP) is 4.17. The lowest BCUT2D eigenvalue weighted by Crippen LogP contribution is -2.32. The molecule has 2 amide bonds. The number of hydrogen-bond acceptors (Lipinski definition) is 4. The Morgan fingerprint density at radius 2 is 1.27 bits per heavy atom. The van der Waals surface area contributed by atoms with Crippen molar-refractivity contribution in [2.24, 2.45) is 0 Å². The van der Waals surface area contributed by atoms with E-state index in [1.54, 1.807) is 21.9 Å². The first-order valence-electron chi connectivity index (χ1n) is 9.42. The van der Waals surface area contributed by atoms with Crippen molar-refractivity contribution in [1.82, 2.24) is 9.80 Å². The number of ether oxygens (including phenoxy) is 2. The van der Waals surface area contributed by atoms with E-state index < -0.39 is 0 Å². The molecule has 0 aromatic heterocycles. The molecule has 6 heteroatoms. The normalized spacial score (nSPS) is 17.5. The largest absolute Gasteiger partial charge is 0.415 e. The van der Waals surface area contributed by atoms with Crippen molar-refractivity contribution >= 4 is 12.2 Å². The summed E-state index contributed by atoms with van der Waals surface area (Å²) in [4.78, 5) is 28.1. The molecule has 2 aliphatic rings. The topological polar surface area (TPSA) is 59.1 Å². The van der Waals surface area contributed by atoms with Gasteiger partial charge in [-0.3, -0.25) is 0 Å². The molecule has 6 nitrogen and oxygen atoms in total. The van der Waals surface area contributed by atoms with Gasteiger partial charge >= 0.3 is 12.2 Å². The highest BCUT2D eigenvalue weighted by atomic mass is 16.6. The van der Waals surface area contributed by atoms with Gasteiger partial charge in [0.25, 0.3) is 0 Å². The number of carbonyl (C=O) groups is 2. The molecule has 0 radical (unpaired) electrons. The van der Waals surface area contributed by atoms with E-state index in [-0.39, 0.29) is 17.6 Å². The maximum absolute atomic E-state index is 12.4. The van der Waals surface area contributed by atoms with Gasteiger partial charge in [0.05, 0.1) is 0 Å². The van der Waals surface area contributed by atoms with E-state index in [0.29, 0.717) is 37.7 Å². The smallest absolute Gasteiger partial charge is 0.406 e. The zero-order valence-electron chi connectivity index (χ0n) is 15.9. The number of hydrogen-bond donors (Lipinski definition) is 0. The van der Waals surface area contributed by atoms with Crippen LogP contribution in [-0.2, 0) is 5.41 Å². The Morgan fingerprint density at radius 1 is 0.808 bits per heavy atom. The summed E-state index contributed by atoms with van der Waals surface area (Å²) < 4.78 is 11.2. The van der Waals surface area contributed by atoms with E-state index in [1.807, 2.05) is 6.07 Å². The first kappa shape index (κ1) is 18.5. The molecule has 2 fully saturated rings. The van der Waals surface area contributed by atoms with Gasteiger partial charge in [0.1, 0.15) is 0 Å². The molecule has 0 bridgehead atoms. The Labute approximate surface area is 155 Å². The zero-order valence-corrected chi connectivity index (χ0v) is 15.9. The highest BCUT2D eigenvalue weighted by molar-refractivity contribution is 5.75. The van der Waals surface area contributed by atoms with Crippen LogP contribution in [0.3, 0.4) is 0 Å². The molecule has 1 aromatic rings. The van der Waals surface area contributed by atoms with Crippen LogP contribution in [0.4, 0.5) is 9.59 Å². The van der Waals surface area contributed by atoms with Crippen LogP contribution in [0.2, 0.25) is 0 Å². The minimum absolute atomic E-state index is 0.105. The Morgan fingerprint density at radius 3 is 1.73 bits per heavy atom. The summed E-state index contributed by atoms with van der Waals surface area (Å²) in [5.41, 5.74) is 0.912. The van der Waals surface area contributed by atoms with Crippen molar-refractivity contribution in [1.29, 1.82) is 0 Å². The van der Waals surface area contributed by atoms with E-state index in [1.165, 1.54) is 0 Å².